The predicted molar refractivity (Wildman–Crippen MR) is 111 cm³/mol. The summed E-state index contributed by atoms with van der Waals surface area (Å²) in [5.41, 5.74) is 1.32. The summed E-state index contributed by atoms with van der Waals surface area (Å²) >= 11 is 0. The SMILES string of the molecule is CC[C@@]1(OCOP(=O)(O)O)C(=O)OCc2c1cc1n(c2=O)Cc2cc3ccccc3nc2-1. The zero-order valence-electron chi connectivity index (χ0n) is 17.0. The Hall–Kier alpha value is -2.88. The Bertz CT molecular complexity index is 1380. The molecule has 0 spiro atoms. The third-order valence-corrected chi connectivity index (χ3v) is 6.35. The summed E-state index contributed by atoms with van der Waals surface area (Å²) in [7, 11) is -4.82. The number of esters is 1. The van der Waals surface area contributed by atoms with E-state index in [1.807, 2.05) is 30.3 Å². The number of nitrogens with zero attached hydrogens (tertiary/aromatic N) is 2. The van der Waals surface area contributed by atoms with Crippen LogP contribution in [0.5, 0.6) is 0 Å². The molecule has 2 aliphatic rings. The fourth-order valence-electron chi connectivity index (χ4n) is 4.35. The van der Waals surface area contributed by atoms with E-state index in [1.165, 1.54) is 0 Å². The zero-order valence-corrected chi connectivity index (χ0v) is 17.9. The third-order valence-electron chi connectivity index (χ3n) is 5.91. The average molecular weight is 458 g/mol. The number of pyridine rings is 2. The van der Waals surface area contributed by atoms with Crippen LogP contribution in [0.15, 0.2) is 41.2 Å². The number of hydrogen-bond acceptors (Lipinski definition) is 7. The lowest BCUT2D eigenvalue weighted by atomic mass is 9.85. The fraction of sp³-hybridized carbons (Fsp3) is 0.286. The topological polar surface area (TPSA) is 137 Å². The Labute approximate surface area is 181 Å². The predicted octanol–water partition coefficient (Wildman–Crippen LogP) is 2.17. The highest BCUT2D eigenvalue weighted by atomic mass is 31.2. The van der Waals surface area contributed by atoms with Gasteiger partial charge in [-0.25, -0.2) is 14.3 Å². The van der Waals surface area contributed by atoms with Gasteiger partial charge in [-0.05, 0) is 24.6 Å². The third kappa shape index (κ3) is 3.19. The van der Waals surface area contributed by atoms with Crippen LogP contribution in [0, 0.1) is 0 Å². The Balaban J connectivity index is 1.67. The van der Waals surface area contributed by atoms with Crippen molar-refractivity contribution in [3.63, 3.8) is 0 Å². The van der Waals surface area contributed by atoms with Crippen molar-refractivity contribution in [2.45, 2.75) is 32.1 Å². The molecule has 1 atom stereocenters. The number of ether oxygens (including phenoxy) is 2. The molecule has 5 rings (SSSR count). The number of aromatic nitrogens is 2. The summed E-state index contributed by atoms with van der Waals surface area (Å²) in [4.78, 5) is 48.8. The van der Waals surface area contributed by atoms with Crippen molar-refractivity contribution in [1.29, 1.82) is 0 Å². The van der Waals surface area contributed by atoms with Gasteiger partial charge in [-0.3, -0.25) is 9.32 Å². The van der Waals surface area contributed by atoms with Crippen LogP contribution < -0.4 is 5.56 Å². The molecule has 3 aromatic rings. The van der Waals surface area contributed by atoms with Crippen LogP contribution in [-0.2, 0) is 42.1 Å². The van der Waals surface area contributed by atoms with Gasteiger partial charge in [0.05, 0.1) is 29.0 Å². The minimum absolute atomic E-state index is 0.0598. The van der Waals surface area contributed by atoms with Gasteiger partial charge in [-0.15, -0.1) is 0 Å². The molecular formula is C21H19N2O8P. The highest BCUT2D eigenvalue weighted by Gasteiger charge is 2.48. The summed E-state index contributed by atoms with van der Waals surface area (Å²) in [6.45, 7) is 0.913. The summed E-state index contributed by atoms with van der Waals surface area (Å²) in [6.07, 6.45) is 0.0598. The van der Waals surface area contributed by atoms with Gasteiger partial charge in [-0.2, -0.15) is 0 Å². The highest BCUT2D eigenvalue weighted by molar-refractivity contribution is 7.46. The number of cyclic esters (lactones) is 1. The number of fused-ring (bicyclic) bond motifs is 5. The average Bonchev–Trinajstić information content (AvgIpc) is 3.11. The van der Waals surface area contributed by atoms with Crippen molar-refractivity contribution < 1.29 is 33.1 Å². The van der Waals surface area contributed by atoms with Gasteiger partial charge in [0, 0.05) is 16.5 Å². The second kappa shape index (κ2) is 7.33. The zero-order chi connectivity index (χ0) is 22.7. The molecule has 0 bridgehead atoms. The van der Waals surface area contributed by atoms with E-state index in [4.69, 9.17) is 24.2 Å². The molecule has 0 fully saturated rings. The van der Waals surface area contributed by atoms with Crippen LogP contribution in [0.3, 0.4) is 0 Å². The van der Waals surface area contributed by atoms with Crippen LogP contribution >= 0.6 is 7.82 Å². The molecule has 11 heteroatoms. The molecule has 0 unspecified atom stereocenters. The summed E-state index contributed by atoms with van der Waals surface area (Å²) in [5, 5.41) is 0.955. The number of rotatable bonds is 5. The van der Waals surface area contributed by atoms with Crippen molar-refractivity contribution in [1.82, 2.24) is 9.55 Å². The van der Waals surface area contributed by atoms with Crippen molar-refractivity contribution in [3.8, 4) is 11.4 Å². The highest BCUT2D eigenvalue weighted by Crippen LogP contribution is 2.42. The van der Waals surface area contributed by atoms with Crippen LogP contribution in [-0.4, -0.2) is 32.1 Å². The van der Waals surface area contributed by atoms with Gasteiger partial charge in [-0.1, -0.05) is 25.1 Å². The lowest BCUT2D eigenvalue weighted by molar-refractivity contribution is -0.192. The van der Waals surface area contributed by atoms with Crippen LogP contribution in [0.4, 0.5) is 0 Å². The number of carbonyl (C=O) groups excluding carboxylic acids is 1. The van der Waals surface area contributed by atoms with Gasteiger partial charge in [0.15, 0.2) is 12.4 Å². The lowest BCUT2D eigenvalue weighted by Crippen LogP contribution is -2.46. The minimum atomic E-state index is -4.82. The molecule has 0 amide bonds. The second-order valence-electron chi connectivity index (χ2n) is 7.64. The molecule has 166 valence electrons. The van der Waals surface area contributed by atoms with Gasteiger partial charge in [0.25, 0.3) is 5.56 Å². The van der Waals surface area contributed by atoms with Crippen molar-refractivity contribution in [3.05, 3.63) is 63.4 Å². The first kappa shape index (κ1) is 21.0. The first-order valence-electron chi connectivity index (χ1n) is 9.91. The lowest BCUT2D eigenvalue weighted by Gasteiger charge is -2.35. The Kier molecular flexibility index (Phi) is 4.81. The molecule has 4 heterocycles. The molecule has 1 aromatic carbocycles. The van der Waals surface area contributed by atoms with Crippen LogP contribution in [0.1, 0.15) is 30.0 Å². The van der Waals surface area contributed by atoms with Crippen molar-refractivity contribution >= 4 is 24.7 Å². The van der Waals surface area contributed by atoms with Crippen LogP contribution in [0.25, 0.3) is 22.3 Å². The molecule has 10 nitrogen and oxygen atoms in total. The molecule has 32 heavy (non-hydrogen) atoms. The minimum Gasteiger partial charge on any atom is -0.458 e. The number of carbonyl (C=O) groups is 1. The van der Waals surface area contributed by atoms with Crippen molar-refractivity contribution in [2.75, 3.05) is 6.79 Å². The monoisotopic (exact) mass is 458 g/mol. The molecule has 0 saturated carbocycles. The van der Waals surface area contributed by atoms with Crippen molar-refractivity contribution in [2.24, 2.45) is 0 Å². The van der Waals surface area contributed by atoms with E-state index in [-0.39, 0.29) is 24.2 Å². The van der Waals surface area contributed by atoms with E-state index in [9.17, 15) is 14.2 Å². The smallest absolute Gasteiger partial charge is 0.458 e. The Morgan fingerprint density at radius 1 is 1.25 bits per heavy atom. The largest absolute Gasteiger partial charge is 0.471 e. The molecule has 2 aromatic heterocycles. The maximum atomic E-state index is 13.3. The number of hydrogen-bond donors (Lipinski definition) is 2. The standard InChI is InChI=1S/C21H19N2O8P/c1-2-21(30-11-31-32(26,27)28)15-8-17-18-13(7-12-5-3-4-6-16(12)22-18)9-23(17)19(24)14(15)10-29-20(21)25/h3-8H,2,9-11H2,1H3,(H2,26,27,28)/t21-/m0/s1. The van der Waals surface area contributed by atoms with E-state index in [0.717, 1.165) is 16.5 Å². The van der Waals surface area contributed by atoms with E-state index < -0.39 is 26.2 Å². The first-order chi connectivity index (χ1) is 15.2. The maximum Gasteiger partial charge on any atom is 0.471 e. The van der Waals surface area contributed by atoms with E-state index in [0.29, 0.717) is 23.5 Å². The Morgan fingerprint density at radius 3 is 2.78 bits per heavy atom. The fourth-order valence-corrected chi connectivity index (χ4v) is 4.54. The van der Waals surface area contributed by atoms with Crippen LogP contribution in [0.2, 0.25) is 0 Å². The normalized spacial score (nSPS) is 19.4. The van der Waals surface area contributed by atoms with Gasteiger partial charge >= 0.3 is 13.8 Å². The summed E-state index contributed by atoms with van der Waals surface area (Å²) in [6, 6.07) is 11.3. The molecule has 2 aliphatic heterocycles. The number of para-hydroxylation sites is 1. The van der Waals surface area contributed by atoms with Gasteiger partial charge in [0.2, 0.25) is 0 Å². The maximum absolute atomic E-state index is 13.3. The molecule has 2 N–H and O–H groups in total. The quantitative estimate of drug-likeness (QED) is 0.262. The van der Waals surface area contributed by atoms with E-state index in [2.05, 4.69) is 4.52 Å². The van der Waals surface area contributed by atoms with Gasteiger partial charge < -0.3 is 23.8 Å². The molecular weight excluding hydrogens is 439 g/mol. The number of phosphoric ester groups is 1. The van der Waals surface area contributed by atoms with Gasteiger partial charge in [0.1, 0.15) is 6.61 Å². The van der Waals surface area contributed by atoms with E-state index in [1.54, 1.807) is 17.6 Å². The molecule has 0 radical (unpaired) electrons. The Morgan fingerprint density at radius 2 is 2.03 bits per heavy atom. The molecule has 0 saturated heterocycles. The number of benzene rings is 1. The van der Waals surface area contributed by atoms with E-state index >= 15 is 0 Å². The number of phosphoric acid groups is 1. The summed E-state index contributed by atoms with van der Waals surface area (Å²) < 4.78 is 27.8. The summed E-state index contributed by atoms with van der Waals surface area (Å²) in [5.74, 6) is -0.754. The first-order valence-corrected chi connectivity index (χ1v) is 11.4. The molecule has 0 aliphatic carbocycles. The second-order valence-corrected chi connectivity index (χ2v) is 8.88.